The standard InChI is InChI=1S/C11H11ClIN3S/c12-8-5-7(1-2-9(8)13)10(16-14)6-11-15-3-4-17-11/h1-5,10,16H,6,14H2. The largest absolute Gasteiger partial charge is 0.271 e. The second-order valence-corrected chi connectivity index (χ2v) is 6.07. The molecule has 0 aliphatic carbocycles. The smallest absolute Gasteiger partial charge is 0.0944 e. The van der Waals surface area contributed by atoms with Crippen LogP contribution in [0.3, 0.4) is 0 Å². The summed E-state index contributed by atoms with van der Waals surface area (Å²) in [5.41, 5.74) is 3.89. The Labute approximate surface area is 123 Å². The molecule has 1 atom stereocenters. The maximum atomic E-state index is 6.11. The molecule has 0 aliphatic heterocycles. The van der Waals surface area contributed by atoms with Crippen molar-refractivity contribution >= 4 is 45.5 Å². The molecule has 90 valence electrons. The van der Waals surface area contributed by atoms with Crippen LogP contribution in [0, 0.1) is 3.57 Å². The van der Waals surface area contributed by atoms with Crippen molar-refractivity contribution in [2.75, 3.05) is 0 Å². The van der Waals surface area contributed by atoms with E-state index in [0.717, 1.165) is 25.6 Å². The van der Waals surface area contributed by atoms with Gasteiger partial charge in [0, 0.05) is 21.6 Å². The molecule has 0 spiro atoms. The number of hydrazine groups is 1. The molecule has 3 nitrogen and oxygen atoms in total. The van der Waals surface area contributed by atoms with Gasteiger partial charge < -0.3 is 0 Å². The van der Waals surface area contributed by atoms with Gasteiger partial charge in [0.05, 0.1) is 16.1 Å². The minimum atomic E-state index is 0.0376. The zero-order valence-electron chi connectivity index (χ0n) is 8.86. The van der Waals surface area contributed by atoms with Crippen LogP contribution < -0.4 is 11.3 Å². The van der Waals surface area contributed by atoms with E-state index in [0.29, 0.717) is 0 Å². The Morgan fingerprint density at radius 2 is 2.35 bits per heavy atom. The average Bonchev–Trinajstić information content (AvgIpc) is 2.82. The summed E-state index contributed by atoms with van der Waals surface area (Å²) < 4.78 is 1.04. The third kappa shape index (κ3) is 3.38. The number of nitrogens with one attached hydrogen (secondary N) is 1. The van der Waals surface area contributed by atoms with E-state index in [2.05, 4.69) is 33.0 Å². The Bertz CT molecular complexity index is 489. The lowest BCUT2D eigenvalue weighted by Crippen LogP contribution is -2.29. The Morgan fingerprint density at radius 1 is 1.53 bits per heavy atom. The number of benzene rings is 1. The van der Waals surface area contributed by atoms with Gasteiger partial charge >= 0.3 is 0 Å². The summed E-state index contributed by atoms with van der Waals surface area (Å²) in [6.07, 6.45) is 2.57. The maximum absolute atomic E-state index is 6.11. The quantitative estimate of drug-likeness (QED) is 0.487. The van der Waals surface area contributed by atoms with Gasteiger partial charge in [-0.3, -0.25) is 11.3 Å². The summed E-state index contributed by atoms with van der Waals surface area (Å²) in [6.45, 7) is 0. The summed E-state index contributed by atoms with van der Waals surface area (Å²) in [5, 5.41) is 3.77. The van der Waals surface area contributed by atoms with Crippen molar-refractivity contribution in [3.63, 3.8) is 0 Å². The molecule has 2 rings (SSSR count). The zero-order chi connectivity index (χ0) is 12.3. The van der Waals surface area contributed by atoms with Crippen LogP contribution in [0.4, 0.5) is 0 Å². The van der Waals surface area contributed by atoms with E-state index in [9.17, 15) is 0 Å². The Morgan fingerprint density at radius 3 is 2.94 bits per heavy atom. The van der Waals surface area contributed by atoms with Gasteiger partial charge in [0.25, 0.3) is 0 Å². The van der Waals surface area contributed by atoms with Crippen LogP contribution in [0.1, 0.15) is 16.6 Å². The number of thiazole rings is 1. The van der Waals surface area contributed by atoms with Gasteiger partial charge in [-0.1, -0.05) is 17.7 Å². The zero-order valence-corrected chi connectivity index (χ0v) is 12.6. The topological polar surface area (TPSA) is 50.9 Å². The molecule has 6 heteroatoms. The van der Waals surface area contributed by atoms with Gasteiger partial charge in [-0.25, -0.2) is 4.98 Å². The number of rotatable bonds is 4. The molecule has 1 unspecified atom stereocenters. The lowest BCUT2D eigenvalue weighted by Gasteiger charge is -2.15. The molecule has 1 heterocycles. The summed E-state index contributed by atoms with van der Waals surface area (Å²) in [7, 11) is 0. The molecule has 0 bridgehead atoms. The third-order valence-corrected chi connectivity index (χ3v) is 4.78. The molecule has 0 fully saturated rings. The fourth-order valence-electron chi connectivity index (χ4n) is 1.53. The minimum Gasteiger partial charge on any atom is -0.271 e. The first-order valence-electron chi connectivity index (χ1n) is 5.00. The van der Waals surface area contributed by atoms with Crippen LogP contribution in [0.2, 0.25) is 5.02 Å². The van der Waals surface area contributed by atoms with Gasteiger partial charge in [-0.15, -0.1) is 11.3 Å². The number of halogens is 2. The summed E-state index contributed by atoms with van der Waals surface area (Å²) in [4.78, 5) is 4.26. The van der Waals surface area contributed by atoms with Gasteiger partial charge in [0.15, 0.2) is 0 Å². The van der Waals surface area contributed by atoms with Crippen molar-refractivity contribution in [1.82, 2.24) is 10.4 Å². The SMILES string of the molecule is NNC(Cc1nccs1)c1ccc(I)c(Cl)c1. The molecule has 2 aromatic rings. The second-order valence-electron chi connectivity index (χ2n) is 3.52. The molecule has 17 heavy (non-hydrogen) atoms. The van der Waals surface area contributed by atoms with E-state index in [1.807, 2.05) is 23.6 Å². The summed E-state index contributed by atoms with van der Waals surface area (Å²) in [6, 6.07) is 6.01. The molecule has 0 amide bonds. The lowest BCUT2D eigenvalue weighted by atomic mass is 10.1. The van der Waals surface area contributed by atoms with E-state index in [1.54, 1.807) is 17.5 Å². The Balaban J connectivity index is 2.20. The van der Waals surface area contributed by atoms with Crippen molar-refractivity contribution in [3.8, 4) is 0 Å². The predicted octanol–water partition coefficient (Wildman–Crippen LogP) is 3.15. The van der Waals surface area contributed by atoms with Crippen molar-refractivity contribution in [2.45, 2.75) is 12.5 Å². The molecular weight excluding hydrogens is 369 g/mol. The van der Waals surface area contributed by atoms with E-state index < -0.39 is 0 Å². The number of hydrogen-bond donors (Lipinski definition) is 2. The first-order chi connectivity index (χ1) is 8.20. The highest BCUT2D eigenvalue weighted by Gasteiger charge is 2.13. The fourth-order valence-corrected chi connectivity index (χ4v) is 2.72. The van der Waals surface area contributed by atoms with Crippen molar-refractivity contribution in [1.29, 1.82) is 0 Å². The van der Waals surface area contributed by atoms with Gasteiger partial charge in [0.2, 0.25) is 0 Å². The van der Waals surface area contributed by atoms with Gasteiger partial charge in [0.1, 0.15) is 0 Å². The van der Waals surface area contributed by atoms with Gasteiger partial charge in [-0.2, -0.15) is 0 Å². The molecular formula is C11H11ClIN3S. The number of nitrogens with two attached hydrogens (primary N) is 1. The molecule has 0 aliphatic rings. The molecule has 0 saturated heterocycles. The maximum Gasteiger partial charge on any atom is 0.0944 e. The molecule has 1 aromatic carbocycles. The fraction of sp³-hybridized carbons (Fsp3) is 0.182. The van der Waals surface area contributed by atoms with Crippen LogP contribution in [-0.4, -0.2) is 4.98 Å². The van der Waals surface area contributed by atoms with Crippen LogP contribution in [0.15, 0.2) is 29.8 Å². The van der Waals surface area contributed by atoms with E-state index in [1.165, 1.54) is 0 Å². The molecule has 3 N–H and O–H groups in total. The van der Waals surface area contributed by atoms with Crippen LogP contribution in [-0.2, 0) is 6.42 Å². The van der Waals surface area contributed by atoms with Gasteiger partial charge in [-0.05, 0) is 40.3 Å². The molecule has 0 saturated carbocycles. The number of nitrogens with zero attached hydrogens (tertiary/aromatic N) is 1. The Hall–Kier alpha value is -0.210. The first kappa shape index (κ1) is 13.2. The predicted molar refractivity (Wildman–Crippen MR) is 80.1 cm³/mol. The highest BCUT2D eigenvalue weighted by Crippen LogP contribution is 2.25. The highest BCUT2D eigenvalue weighted by atomic mass is 127. The summed E-state index contributed by atoms with van der Waals surface area (Å²) >= 11 is 9.94. The lowest BCUT2D eigenvalue weighted by molar-refractivity contribution is 0.550. The number of aromatic nitrogens is 1. The van der Waals surface area contributed by atoms with E-state index >= 15 is 0 Å². The Kier molecular flexibility index (Phi) is 4.75. The average molecular weight is 380 g/mol. The third-order valence-electron chi connectivity index (χ3n) is 2.41. The molecule has 1 aromatic heterocycles. The monoisotopic (exact) mass is 379 g/mol. The highest BCUT2D eigenvalue weighted by molar-refractivity contribution is 14.1. The van der Waals surface area contributed by atoms with Crippen molar-refractivity contribution in [2.24, 2.45) is 5.84 Å². The minimum absolute atomic E-state index is 0.0376. The van der Waals surface area contributed by atoms with Crippen LogP contribution in [0.25, 0.3) is 0 Å². The van der Waals surface area contributed by atoms with E-state index in [-0.39, 0.29) is 6.04 Å². The van der Waals surface area contributed by atoms with Crippen LogP contribution >= 0.6 is 45.5 Å². The van der Waals surface area contributed by atoms with Crippen molar-refractivity contribution in [3.05, 3.63) is 48.9 Å². The second kappa shape index (κ2) is 6.10. The van der Waals surface area contributed by atoms with E-state index in [4.69, 9.17) is 17.4 Å². The first-order valence-corrected chi connectivity index (χ1v) is 7.34. The summed E-state index contributed by atoms with van der Waals surface area (Å²) in [5.74, 6) is 5.59. The molecule has 0 radical (unpaired) electrons. The van der Waals surface area contributed by atoms with Crippen LogP contribution in [0.5, 0.6) is 0 Å². The number of hydrogen-bond acceptors (Lipinski definition) is 4. The van der Waals surface area contributed by atoms with Crippen molar-refractivity contribution < 1.29 is 0 Å². The normalized spacial score (nSPS) is 12.6.